The van der Waals surface area contributed by atoms with E-state index in [1.54, 1.807) is 0 Å². The van der Waals surface area contributed by atoms with Gasteiger partial charge < -0.3 is 10.0 Å². The second-order valence-electron chi connectivity index (χ2n) is 9.07. The molecule has 0 fully saturated rings. The van der Waals surface area contributed by atoms with E-state index in [0.29, 0.717) is 23.5 Å². The summed E-state index contributed by atoms with van der Waals surface area (Å²) in [5.41, 5.74) is 8.83. The highest BCUT2D eigenvalue weighted by Gasteiger charge is 2.42. The molecule has 3 aromatic carbocycles. The largest absolute Gasteiger partial charge is 0.507 e. The number of hydrogen-bond acceptors (Lipinski definition) is 3. The van der Waals surface area contributed by atoms with Crippen LogP contribution in [0.2, 0.25) is 0 Å². The SMILES string of the molecule is Cc1ccc(CN2C(=O)c3[nH]nc(-c4cc(C)cc(C)c4O)c3C2c2ccc(C)cc2)cc1. The number of phenols is 1. The summed E-state index contributed by atoms with van der Waals surface area (Å²) < 4.78 is 0. The lowest BCUT2D eigenvalue weighted by Gasteiger charge is -2.27. The minimum absolute atomic E-state index is 0.0845. The summed E-state index contributed by atoms with van der Waals surface area (Å²) in [6, 6.07) is 20.1. The topological polar surface area (TPSA) is 69.2 Å². The zero-order valence-electron chi connectivity index (χ0n) is 19.3. The molecule has 2 heterocycles. The Morgan fingerprint density at radius 3 is 2.21 bits per heavy atom. The molecule has 0 saturated heterocycles. The Balaban J connectivity index is 1.67. The van der Waals surface area contributed by atoms with Gasteiger partial charge in [-0.2, -0.15) is 5.10 Å². The van der Waals surface area contributed by atoms with Crippen LogP contribution in [0.5, 0.6) is 5.75 Å². The molecular weight excluding hydrogens is 410 g/mol. The van der Waals surface area contributed by atoms with E-state index in [9.17, 15) is 9.90 Å². The monoisotopic (exact) mass is 437 g/mol. The Labute approximate surface area is 193 Å². The van der Waals surface area contributed by atoms with E-state index in [0.717, 1.165) is 33.4 Å². The van der Waals surface area contributed by atoms with Crippen molar-refractivity contribution in [3.8, 4) is 17.0 Å². The number of fused-ring (bicyclic) bond motifs is 1. The van der Waals surface area contributed by atoms with Gasteiger partial charge in [-0.1, -0.05) is 65.7 Å². The number of amides is 1. The van der Waals surface area contributed by atoms with Gasteiger partial charge in [0.25, 0.3) is 5.91 Å². The van der Waals surface area contributed by atoms with E-state index in [4.69, 9.17) is 0 Å². The Hall–Kier alpha value is -3.86. The summed E-state index contributed by atoms with van der Waals surface area (Å²) in [6.45, 7) is 8.47. The van der Waals surface area contributed by atoms with Gasteiger partial charge in [0.1, 0.15) is 17.1 Å². The van der Waals surface area contributed by atoms with Gasteiger partial charge in [-0.05, 0) is 56.0 Å². The molecule has 0 saturated carbocycles. The van der Waals surface area contributed by atoms with E-state index < -0.39 is 0 Å². The summed E-state index contributed by atoms with van der Waals surface area (Å²) in [5, 5.41) is 18.4. The van der Waals surface area contributed by atoms with Crippen molar-refractivity contribution in [2.75, 3.05) is 0 Å². The Bertz CT molecular complexity index is 1350. The van der Waals surface area contributed by atoms with Gasteiger partial charge in [0.05, 0.1) is 6.04 Å². The summed E-state index contributed by atoms with van der Waals surface area (Å²) in [5.74, 6) is 0.112. The third-order valence-corrected chi connectivity index (χ3v) is 6.43. The van der Waals surface area contributed by atoms with Crippen molar-refractivity contribution in [2.24, 2.45) is 0 Å². The van der Waals surface area contributed by atoms with Crippen molar-refractivity contribution < 1.29 is 9.90 Å². The van der Waals surface area contributed by atoms with Gasteiger partial charge >= 0.3 is 0 Å². The maximum Gasteiger partial charge on any atom is 0.273 e. The first kappa shape index (κ1) is 21.0. The van der Waals surface area contributed by atoms with E-state index in [1.165, 1.54) is 5.56 Å². The molecular formula is C28H27N3O2. The minimum atomic E-state index is -0.302. The van der Waals surface area contributed by atoms with Crippen molar-refractivity contribution in [2.45, 2.75) is 40.3 Å². The average Bonchev–Trinajstić information content (AvgIpc) is 3.32. The zero-order valence-corrected chi connectivity index (χ0v) is 19.3. The van der Waals surface area contributed by atoms with Crippen LogP contribution in [0.15, 0.2) is 60.7 Å². The molecule has 33 heavy (non-hydrogen) atoms. The Kier molecular flexibility index (Phi) is 5.05. The smallest absolute Gasteiger partial charge is 0.273 e. The highest BCUT2D eigenvalue weighted by Crippen LogP contribution is 2.45. The van der Waals surface area contributed by atoms with Crippen molar-refractivity contribution >= 4 is 5.91 Å². The van der Waals surface area contributed by atoms with Crippen LogP contribution in [0, 0.1) is 27.7 Å². The van der Waals surface area contributed by atoms with Gasteiger partial charge in [-0.15, -0.1) is 0 Å². The molecule has 1 amide bonds. The predicted molar refractivity (Wildman–Crippen MR) is 129 cm³/mol. The van der Waals surface area contributed by atoms with Crippen LogP contribution in [-0.2, 0) is 6.54 Å². The van der Waals surface area contributed by atoms with Crippen LogP contribution in [0.1, 0.15) is 55.5 Å². The summed E-state index contributed by atoms with van der Waals surface area (Å²) in [4.78, 5) is 15.5. The van der Waals surface area contributed by atoms with Crippen molar-refractivity contribution in [3.05, 3.63) is 105 Å². The van der Waals surface area contributed by atoms with Crippen LogP contribution < -0.4 is 0 Å². The fraction of sp³-hybridized carbons (Fsp3) is 0.214. The lowest BCUT2D eigenvalue weighted by atomic mass is 9.93. The molecule has 5 heteroatoms. The van der Waals surface area contributed by atoms with Crippen LogP contribution in [0.25, 0.3) is 11.3 Å². The number of H-pyrrole nitrogens is 1. The fourth-order valence-electron chi connectivity index (χ4n) is 4.69. The number of aryl methyl sites for hydroxylation is 4. The zero-order chi connectivity index (χ0) is 23.3. The van der Waals surface area contributed by atoms with Gasteiger partial charge in [0.2, 0.25) is 0 Å². The molecule has 0 aliphatic carbocycles. The summed E-state index contributed by atoms with van der Waals surface area (Å²) >= 11 is 0. The normalized spacial score (nSPS) is 15.2. The molecule has 2 N–H and O–H groups in total. The quantitative estimate of drug-likeness (QED) is 0.426. The van der Waals surface area contributed by atoms with Gasteiger partial charge in [-0.25, -0.2) is 0 Å². The minimum Gasteiger partial charge on any atom is -0.507 e. The third-order valence-electron chi connectivity index (χ3n) is 6.43. The number of aromatic amines is 1. The molecule has 1 aromatic heterocycles. The number of hydrogen-bond donors (Lipinski definition) is 2. The molecule has 1 unspecified atom stereocenters. The molecule has 1 atom stereocenters. The highest BCUT2D eigenvalue weighted by atomic mass is 16.3. The van der Waals surface area contributed by atoms with Crippen LogP contribution in [0.4, 0.5) is 0 Å². The summed E-state index contributed by atoms with van der Waals surface area (Å²) in [6.07, 6.45) is 0. The number of nitrogens with zero attached hydrogens (tertiary/aromatic N) is 2. The maximum absolute atomic E-state index is 13.6. The van der Waals surface area contributed by atoms with E-state index in [-0.39, 0.29) is 17.7 Å². The average molecular weight is 438 g/mol. The number of rotatable bonds is 4. The Morgan fingerprint density at radius 2 is 1.55 bits per heavy atom. The van der Waals surface area contributed by atoms with Crippen molar-refractivity contribution in [1.82, 2.24) is 15.1 Å². The lowest BCUT2D eigenvalue weighted by Crippen LogP contribution is -2.29. The number of aromatic hydroxyl groups is 1. The standard InChI is InChI=1S/C28H27N3O2/c1-16-5-9-20(10-6-16)15-31-26(21-11-7-17(2)8-12-21)23-24(29-30-25(23)28(31)33)22-14-18(3)13-19(4)27(22)32/h5-14,26,32H,15H2,1-4H3,(H,29,30). The van der Waals surface area contributed by atoms with Gasteiger partial charge in [-0.3, -0.25) is 9.89 Å². The molecule has 166 valence electrons. The van der Waals surface area contributed by atoms with E-state index >= 15 is 0 Å². The second-order valence-corrected chi connectivity index (χ2v) is 9.07. The fourth-order valence-corrected chi connectivity index (χ4v) is 4.69. The Morgan fingerprint density at radius 1 is 0.909 bits per heavy atom. The van der Waals surface area contributed by atoms with Crippen molar-refractivity contribution in [1.29, 1.82) is 0 Å². The molecule has 4 aromatic rings. The number of carbonyl (C=O) groups excluding carboxylic acids is 1. The number of benzene rings is 3. The molecule has 0 radical (unpaired) electrons. The first-order valence-electron chi connectivity index (χ1n) is 11.2. The molecule has 5 nitrogen and oxygen atoms in total. The van der Waals surface area contributed by atoms with Crippen LogP contribution in [-0.4, -0.2) is 26.1 Å². The number of nitrogens with one attached hydrogen (secondary N) is 1. The molecule has 0 bridgehead atoms. The van der Waals surface area contributed by atoms with E-state index in [2.05, 4.69) is 72.6 Å². The maximum atomic E-state index is 13.6. The van der Waals surface area contributed by atoms with Crippen LogP contribution in [0.3, 0.4) is 0 Å². The third kappa shape index (κ3) is 3.59. The first-order valence-corrected chi connectivity index (χ1v) is 11.2. The van der Waals surface area contributed by atoms with Gasteiger partial charge in [0.15, 0.2) is 0 Å². The molecule has 0 spiro atoms. The first-order chi connectivity index (χ1) is 15.8. The molecule has 5 rings (SSSR count). The van der Waals surface area contributed by atoms with Gasteiger partial charge in [0, 0.05) is 17.7 Å². The second kappa shape index (κ2) is 7.93. The van der Waals surface area contributed by atoms with E-state index in [1.807, 2.05) is 30.9 Å². The van der Waals surface area contributed by atoms with Crippen LogP contribution >= 0.6 is 0 Å². The molecule has 1 aliphatic heterocycles. The van der Waals surface area contributed by atoms with Crippen molar-refractivity contribution in [3.63, 3.8) is 0 Å². The number of carbonyl (C=O) groups is 1. The molecule has 1 aliphatic rings. The number of phenolic OH excluding ortho intramolecular Hbond substituents is 1. The summed E-state index contributed by atoms with van der Waals surface area (Å²) in [7, 11) is 0. The lowest BCUT2D eigenvalue weighted by molar-refractivity contribution is 0.0730. The predicted octanol–water partition coefficient (Wildman–Crippen LogP) is 5.76. The number of aromatic nitrogens is 2. The highest BCUT2D eigenvalue weighted by molar-refractivity contribution is 6.00.